The maximum absolute atomic E-state index is 6.04. The van der Waals surface area contributed by atoms with Gasteiger partial charge in [0, 0.05) is 43.5 Å². The second kappa shape index (κ2) is 11.5. The van der Waals surface area contributed by atoms with Crippen molar-refractivity contribution in [2.24, 2.45) is 7.05 Å². The van der Waals surface area contributed by atoms with Crippen molar-refractivity contribution in [3.05, 3.63) is 79.3 Å². The van der Waals surface area contributed by atoms with Crippen LogP contribution in [0, 0.1) is 0 Å². The van der Waals surface area contributed by atoms with Crippen molar-refractivity contribution in [1.29, 1.82) is 0 Å². The van der Waals surface area contributed by atoms with Crippen LogP contribution in [0.25, 0.3) is 22.6 Å². The highest BCUT2D eigenvalue weighted by molar-refractivity contribution is 5.81. The fraction of sp³-hybridized carbons (Fsp3) is 0.192. The van der Waals surface area contributed by atoms with E-state index in [0.717, 1.165) is 28.4 Å². The van der Waals surface area contributed by atoms with Crippen molar-refractivity contribution in [1.82, 2.24) is 24.5 Å². The molecule has 0 aliphatic carbocycles. The van der Waals surface area contributed by atoms with Gasteiger partial charge in [-0.2, -0.15) is 0 Å². The number of nitrogens with zero attached hydrogens (tertiary/aromatic N) is 4. The Bertz CT molecular complexity index is 1260. The molecule has 3 heterocycles. The highest BCUT2D eigenvalue weighted by atomic mass is 16.5. The third kappa shape index (κ3) is 5.57. The smallest absolute Gasteiger partial charge is 0.208 e. The van der Waals surface area contributed by atoms with Crippen LogP contribution in [0.15, 0.2) is 79.3 Å². The molecule has 3 aromatic heterocycles. The van der Waals surface area contributed by atoms with Gasteiger partial charge in [0.15, 0.2) is 5.82 Å². The zero-order chi connectivity index (χ0) is 23.6. The molecule has 0 unspecified atom stereocenters. The molecule has 0 amide bonds. The number of aryl methyl sites for hydroxylation is 1. The van der Waals surface area contributed by atoms with E-state index >= 15 is 0 Å². The van der Waals surface area contributed by atoms with Crippen LogP contribution in [0.3, 0.4) is 0 Å². The summed E-state index contributed by atoms with van der Waals surface area (Å²) in [6, 6.07) is 19.5. The van der Waals surface area contributed by atoms with E-state index in [1.807, 2.05) is 100.0 Å². The number of hydrogen-bond donors (Lipinski definition) is 2. The van der Waals surface area contributed by atoms with Crippen molar-refractivity contribution >= 4 is 22.7 Å². The van der Waals surface area contributed by atoms with Crippen LogP contribution >= 0.6 is 0 Å². The summed E-state index contributed by atoms with van der Waals surface area (Å²) in [5.41, 5.74) is 3.58. The van der Waals surface area contributed by atoms with E-state index < -0.39 is 0 Å². The predicted molar refractivity (Wildman–Crippen MR) is 135 cm³/mol. The predicted octanol–water partition coefficient (Wildman–Crippen LogP) is 6.95. The van der Waals surface area contributed by atoms with Gasteiger partial charge >= 0.3 is 0 Å². The lowest BCUT2D eigenvalue weighted by molar-refractivity contribution is 0.483. The molecule has 0 saturated carbocycles. The molecule has 7 nitrogen and oxygen atoms in total. The fourth-order valence-electron chi connectivity index (χ4n) is 3.15. The van der Waals surface area contributed by atoms with Crippen molar-refractivity contribution in [3.8, 4) is 23.0 Å². The largest absolute Gasteiger partial charge is 0.457 e. The van der Waals surface area contributed by atoms with E-state index in [1.54, 1.807) is 18.6 Å². The lowest BCUT2D eigenvalue weighted by Crippen LogP contribution is -1.98. The van der Waals surface area contributed by atoms with Gasteiger partial charge in [0.05, 0.1) is 11.0 Å². The van der Waals surface area contributed by atoms with Crippen molar-refractivity contribution in [3.63, 3.8) is 0 Å². The molecule has 0 spiro atoms. The Kier molecular flexibility index (Phi) is 8.18. The summed E-state index contributed by atoms with van der Waals surface area (Å²) in [4.78, 5) is 16.3. The number of rotatable bonds is 5. The van der Waals surface area contributed by atoms with Gasteiger partial charge < -0.3 is 19.6 Å². The Morgan fingerprint density at radius 2 is 1.61 bits per heavy atom. The highest BCUT2D eigenvalue weighted by Crippen LogP contribution is 2.29. The Labute approximate surface area is 194 Å². The SMILES string of the molecule is CC.CC.Cn1c(Nc2ccccc2)nc2cc(Oc3ccnc(-c4ncc[nH]4)c3)ccc21. The lowest BCUT2D eigenvalue weighted by atomic mass is 10.3. The third-order valence-electron chi connectivity index (χ3n) is 4.59. The number of para-hydroxylation sites is 1. The van der Waals surface area contributed by atoms with Crippen molar-refractivity contribution in [2.75, 3.05) is 5.32 Å². The minimum atomic E-state index is 0.685. The lowest BCUT2D eigenvalue weighted by Gasteiger charge is -2.07. The first-order valence-corrected chi connectivity index (χ1v) is 11.2. The van der Waals surface area contributed by atoms with Crippen LogP contribution in [-0.2, 0) is 7.05 Å². The van der Waals surface area contributed by atoms with Gasteiger partial charge in [-0.05, 0) is 30.3 Å². The van der Waals surface area contributed by atoms with E-state index in [2.05, 4.69) is 20.3 Å². The first-order valence-electron chi connectivity index (χ1n) is 11.2. The number of hydrogen-bond acceptors (Lipinski definition) is 5. The summed E-state index contributed by atoms with van der Waals surface area (Å²) in [5, 5.41) is 3.35. The minimum Gasteiger partial charge on any atom is -0.457 e. The van der Waals surface area contributed by atoms with Gasteiger partial charge in [0.1, 0.15) is 17.2 Å². The number of anilines is 2. The number of imidazole rings is 2. The van der Waals surface area contributed by atoms with Crippen LogP contribution in [0.1, 0.15) is 27.7 Å². The molecule has 2 aromatic carbocycles. The summed E-state index contributed by atoms with van der Waals surface area (Å²) in [6.07, 6.45) is 5.16. The summed E-state index contributed by atoms with van der Waals surface area (Å²) >= 11 is 0. The zero-order valence-electron chi connectivity index (χ0n) is 19.7. The normalized spacial score (nSPS) is 9.97. The topological polar surface area (TPSA) is 80.7 Å². The number of H-pyrrole nitrogens is 1. The number of ether oxygens (including phenoxy) is 1. The van der Waals surface area contributed by atoms with Crippen LogP contribution in [0.5, 0.6) is 11.5 Å². The molecule has 0 fully saturated rings. The Hall–Kier alpha value is -4.13. The maximum Gasteiger partial charge on any atom is 0.208 e. The van der Waals surface area contributed by atoms with Gasteiger partial charge in [-0.15, -0.1) is 0 Å². The molecule has 0 saturated heterocycles. The number of pyridine rings is 1. The molecule has 33 heavy (non-hydrogen) atoms. The first kappa shape index (κ1) is 23.5. The third-order valence-corrected chi connectivity index (χ3v) is 4.59. The Balaban J connectivity index is 0.000000728. The Morgan fingerprint density at radius 3 is 2.33 bits per heavy atom. The summed E-state index contributed by atoms with van der Waals surface area (Å²) in [6.45, 7) is 8.00. The maximum atomic E-state index is 6.04. The average molecular weight is 443 g/mol. The molecule has 5 aromatic rings. The van der Waals surface area contributed by atoms with Gasteiger partial charge in [-0.1, -0.05) is 45.9 Å². The molecule has 7 heteroatoms. The van der Waals surface area contributed by atoms with Crippen molar-refractivity contribution < 1.29 is 4.74 Å². The second-order valence-corrected chi connectivity index (χ2v) is 6.55. The summed E-state index contributed by atoms with van der Waals surface area (Å²) in [5.74, 6) is 2.86. The molecular formula is C26H30N6O. The monoisotopic (exact) mass is 442 g/mol. The van der Waals surface area contributed by atoms with E-state index in [9.17, 15) is 0 Å². The Morgan fingerprint density at radius 1 is 0.848 bits per heavy atom. The van der Waals surface area contributed by atoms with Gasteiger partial charge in [0.25, 0.3) is 0 Å². The highest BCUT2D eigenvalue weighted by Gasteiger charge is 2.10. The quantitative estimate of drug-likeness (QED) is 0.308. The minimum absolute atomic E-state index is 0.685. The van der Waals surface area contributed by atoms with Gasteiger partial charge in [-0.25, -0.2) is 9.97 Å². The number of aromatic amines is 1. The first-order chi connectivity index (χ1) is 16.3. The van der Waals surface area contributed by atoms with Crippen LogP contribution in [0.2, 0.25) is 0 Å². The van der Waals surface area contributed by atoms with Crippen LogP contribution < -0.4 is 10.1 Å². The van der Waals surface area contributed by atoms with E-state index in [-0.39, 0.29) is 0 Å². The van der Waals surface area contributed by atoms with Crippen molar-refractivity contribution in [2.45, 2.75) is 27.7 Å². The molecule has 0 bridgehead atoms. The van der Waals surface area contributed by atoms with Gasteiger partial charge in [0.2, 0.25) is 5.95 Å². The average Bonchev–Trinajstić information content (AvgIpc) is 3.51. The van der Waals surface area contributed by atoms with E-state index in [0.29, 0.717) is 17.3 Å². The molecular weight excluding hydrogens is 412 g/mol. The summed E-state index contributed by atoms with van der Waals surface area (Å²) in [7, 11) is 1.99. The second-order valence-electron chi connectivity index (χ2n) is 6.55. The van der Waals surface area contributed by atoms with E-state index in [1.165, 1.54) is 0 Å². The molecule has 170 valence electrons. The summed E-state index contributed by atoms with van der Waals surface area (Å²) < 4.78 is 8.06. The molecule has 0 atom stereocenters. The van der Waals surface area contributed by atoms with Crippen LogP contribution in [-0.4, -0.2) is 24.5 Å². The molecule has 0 aliphatic rings. The van der Waals surface area contributed by atoms with Gasteiger partial charge in [-0.3, -0.25) is 4.98 Å². The molecule has 5 rings (SSSR count). The molecule has 2 N–H and O–H groups in total. The molecule has 0 radical (unpaired) electrons. The zero-order valence-corrected chi connectivity index (χ0v) is 19.7. The van der Waals surface area contributed by atoms with E-state index in [4.69, 9.17) is 9.72 Å². The number of fused-ring (bicyclic) bond motifs is 1. The molecule has 0 aliphatic heterocycles. The number of nitrogens with one attached hydrogen (secondary N) is 2. The number of benzene rings is 2. The standard InChI is InChI=1S/C22H18N6O.2C2H6/c1-28-20-8-7-16(13-18(20)27-22(28)26-15-5-3-2-4-6-15)29-17-9-10-23-19(14-17)21-24-11-12-25-21;2*1-2/h2-14H,1H3,(H,24,25)(H,26,27);2*1-2H3. The van der Waals surface area contributed by atoms with Crippen LogP contribution in [0.4, 0.5) is 11.6 Å². The number of aromatic nitrogens is 5. The fourth-order valence-corrected chi connectivity index (χ4v) is 3.15.